The zero-order valence-electron chi connectivity index (χ0n) is 9.03. The second-order valence-corrected chi connectivity index (χ2v) is 3.74. The van der Waals surface area contributed by atoms with E-state index in [4.69, 9.17) is 9.52 Å². The van der Waals surface area contributed by atoms with Gasteiger partial charge in [0.15, 0.2) is 5.58 Å². The van der Waals surface area contributed by atoms with Gasteiger partial charge in [0.25, 0.3) is 0 Å². The van der Waals surface area contributed by atoms with Crippen LogP contribution in [0.2, 0.25) is 0 Å². The lowest BCUT2D eigenvalue weighted by Crippen LogP contribution is -1.79. The van der Waals surface area contributed by atoms with Crippen molar-refractivity contribution in [1.29, 1.82) is 0 Å². The van der Waals surface area contributed by atoms with Gasteiger partial charge in [-0.05, 0) is 44.0 Å². The second kappa shape index (κ2) is 3.42. The Morgan fingerprint density at radius 3 is 2.67 bits per heavy atom. The highest BCUT2D eigenvalue weighted by atomic mass is 16.3. The number of rotatable bonds is 1. The number of benzene rings is 1. The number of nitrogens with zero attached hydrogens (tertiary/aromatic N) is 1. The fourth-order valence-electron chi connectivity index (χ4n) is 1.44. The molecule has 2 rings (SSSR count). The van der Waals surface area contributed by atoms with Crippen molar-refractivity contribution in [2.45, 2.75) is 20.8 Å². The van der Waals surface area contributed by atoms with Crippen molar-refractivity contribution in [1.82, 2.24) is 4.98 Å². The average molecular weight is 203 g/mol. The number of aliphatic hydroxyl groups excluding tert-OH is 1. The van der Waals surface area contributed by atoms with Crippen LogP contribution in [0, 0.1) is 13.8 Å². The van der Waals surface area contributed by atoms with Gasteiger partial charge in [-0.2, -0.15) is 0 Å². The molecule has 1 aromatic heterocycles. The van der Waals surface area contributed by atoms with Crippen LogP contribution < -0.4 is 0 Å². The zero-order chi connectivity index (χ0) is 11.0. The van der Waals surface area contributed by atoms with Crippen molar-refractivity contribution in [3.63, 3.8) is 0 Å². The molecule has 2 aromatic rings. The fraction of sp³-hybridized carbons (Fsp3) is 0.250. The van der Waals surface area contributed by atoms with Crippen LogP contribution in [-0.4, -0.2) is 10.1 Å². The molecule has 3 nitrogen and oxygen atoms in total. The number of hydrogen-bond donors (Lipinski definition) is 1. The Labute approximate surface area is 88.1 Å². The lowest BCUT2D eigenvalue weighted by atomic mass is 10.1. The predicted octanol–water partition coefficient (Wildman–Crippen LogP) is 3.36. The van der Waals surface area contributed by atoms with Gasteiger partial charge in [0.1, 0.15) is 5.52 Å². The van der Waals surface area contributed by atoms with E-state index in [1.165, 1.54) is 17.2 Å². The van der Waals surface area contributed by atoms with Crippen LogP contribution in [0.5, 0.6) is 0 Å². The monoisotopic (exact) mass is 203 g/mol. The molecule has 0 fully saturated rings. The van der Waals surface area contributed by atoms with E-state index in [9.17, 15) is 0 Å². The van der Waals surface area contributed by atoms with Crippen LogP contribution >= 0.6 is 0 Å². The van der Waals surface area contributed by atoms with E-state index in [2.05, 4.69) is 4.98 Å². The SMILES string of the molecule is C/C(O)=C\c1nc2cc(C)c(C)cc2o1. The summed E-state index contributed by atoms with van der Waals surface area (Å²) in [6, 6.07) is 3.94. The van der Waals surface area contributed by atoms with Gasteiger partial charge in [0, 0.05) is 6.08 Å². The van der Waals surface area contributed by atoms with Gasteiger partial charge < -0.3 is 9.52 Å². The third-order valence-electron chi connectivity index (χ3n) is 2.35. The van der Waals surface area contributed by atoms with Gasteiger partial charge in [-0.15, -0.1) is 0 Å². The first-order chi connectivity index (χ1) is 7.06. The molecule has 0 atom stereocenters. The maximum atomic E-state index is 9.10. The van der Waals surface area contributed by atoms with E-state index in [0.717, 1.165) is 11.1 Å². The molecule has 0 aliphatic heterocycles. The van der Waals surface area contributed by atoms with E-state index < -0.39 is 0 Å². The van der Waals surface area contributed by atoms with Crippen molar-refractivity contribution < 1.29 is 9.52 Å². The average Bonchev–Trinajstić information content (AvgIpc) is 2.46. The lowest BCUT2D eigenvalue weighted by molar-refractivity contribution is 0.417. The molecule has 0 radical (unpaired) electrons. The largest absolute Gasteiger partial charge is 0.512 e. The number of oxazole rings is 1. The molecule has 3 heteroatoms. The summed E-state index contributed by atoms with van der Waals surface area (Å²) in [5.41, 5.74) is 3.94. The summed E-state index contributed by atoms with van der Waals surface area (Å²) < 4.78 is 5.47. The standard InChI is InChI=1S/C12H13NO2/c1-7-4-10-11(5-8(7)2)15-12(13-10)6-9(3)14/h4-6,14H,1-3H3/b9-6+. The van der Waals surface area contributed by atoms with Crippen LogP contribution in [0.1, 0.15) is 23.9 Å². The Kier molecular flexibility index (Phi) is 2.23. The van der Waals surface area contributed by atoms with Gasteiger partial charge in [0.05, 0.1) is 5.76 Å². The minimum absolute atomic E-state index is 0.190. The molecule has 0 saturated heterocycles. The van der Waals surface area contributed by atoms with Gasteiger partial charge in [-0.25, -0.2) is 4.98 Å². The Morgan fingerprint density at radius 2 is 2.00 bits per heavy atom. The van der Waals surface area contributed by atoms with Crippen molar-refractivity contribution >= 4 is 17.2 Å². The highest BCUT2D eigenvalue weighted by Gasteiger charge is 2.05. The Morgan fingerprint density at radius 1 is 1.33 bits per heavy atom. The number of aliphatic hydroxyl groups is 1. The molecular formula is C12H13NO2. The molecule has 0 aliphatic rings. The third kappa shape index (κ3) is 1.86. The van der Waals surface area contributed by atoms with Gasteiger partial charge >= 0.3 is 0 Å². The summed E-state index contributed by atoms with van der Waals surface area (Å²) in [6.07, 6.45) is 1.50. The van der Waals surface area contributed by atoms with Crippen molar-refractivity contribution in [3.8, 4) is 0 Å². The smallest absolute Gasteiger partial charge is 0.223 e. The first kappa shape index (κ1) is 9.77. The maximum Gasteiger partial charge on any atom is 0.223 e. The highest BCUT2D eigenvalue weighted by Crippen LogP contribution is 2.21. The number of aromatic nitrogens is 1. The minimum Gasteiger partial charge on any atom is -0.512 e. The summed E-state index contributed by atoms with van der Waals surface area (Å²) in [5, 5.41) is 9.10. The molecule has 0 aliphatic carbocycles. The van der Waals surface area contributed by atoms with Crippen LogP contribution in [0.3, 0.4) is 0 Å². The summed E-state index contributed by atoms with van der Waals surface area (Å²) in [6.45, 7) is 5.66. The fourth-order valence-corrected chi connectivity index (χ4v) is 1.44. The van der Waals surface area contributed by atoms with E-state index >= 15 is 0 Å². The second-order valence-electron chi connectivity index (χ2n) is 3.74. The summed E-state index contributed by atoms with van der Waals surface area (Å²) >= 11 is 0. The Bertz CT molecular complexity index is 495. The first-order valence-corrected chi connectivity index (χ1v) is 4.81. The van der Waals surface area contributed by atoms with Gasteiger partial charge in [-0.3, -0.25) is 0 Å². The maximum absolute atomic E-state index is 9.10. The molecule has 0 saturated carbocycles. The Hall–Kier alpha value is -1.77. The zero-order valence-corrected chi connectivity index (χ0v) is 9.03. The van der Waals surface area contributed by atoms with Crippen molar-refractivity contribution in [2.24, 2.45) is 0 Å². The van der Waals surface area contributed by atoms with Crippen LogP contribution in [0.15, 0.2) is 22.3 Å². The predicted molar refractivity (Wildman–Crippen MR) is 59.8 cm³/mol. The summed E-state index contributed by atoms with van der Waals surface area (Å²) in [5.74, 6) is 0.630. The number of fused-ring (bicyclic) bond motifs is 1. The summed E-state index contributed by atoms with van der Waals surface area (Å²) in [4.78, 5) is 4.25. The molecule has 1 heterocycles. The number of allylic oxidation sites excluding steroid dienone is 1. The van der Waals surface area contributed by atoms with E-state index in [1.807, 2.05) is 26.0 Å². The molecule has 0 unspecified atom stereocenters. The highest BCUT2D eigenvalue weighted by molar-refractivity contribution is 5.76. The molecule has 0 amide bonds. The molecular weight excluding hydrogens is 190 g/mol. The van der Waals surface area contributed by atoms with Crippen LogP contribution in [-0.2, 0) is 0 Å². The molecule has 78 valence electrons. The molecule has 15 heavy (non-hydrogen) atoms. The van der Waals surface area contributed by atoms with E-state index in [1.54, 1.807) is 6.92 Å². The van der Waals surface area contributed by atoms with Crippen LogP contribution in [0.4, 0.5) is 0 Å². The molecule has 0 bridgehead atoms. The molecule has 1 aromatic carbocycles. The quantitative estimate of drug-likeness (QED) is 0.723. The van der Waals surface area contributed by atoms with Crippen LogP contribution in [0.25, 0.3) is 17.2 Å². The lowest BCUT2D eigenvalue weighted by Gasteiger charge is -1.96. The van der Waals surface area contributed by atoms with E-state index in [-0.39, 0.29) is 5.76 Å². The third-order valence-corrected chi connectivity index (χ3v) is 2.35. The Balaban J connectivity index is 2.61. The summed E-state index contributed by atoms with van der Waals surface area (Å²) in [7, 11) is 0. The topological polar surface area (TPSA) is 46.3 Å². The first-order valence-electron chi connectivity index (χ1n) is 4.81. The van der Waals surface area contributed by atoms with E-state index in [0.29, 0.717) is 5.89 Å². The minimum atomic E-state index is 0.190. The van der Waals surface area contributed by atoms with Gasteiger partial charge in [0.2, 0.25) is 5.89 Å². The van der Waals surface area contributed by atoms with Crippen molar-refractivity contribution in [2.75, 3.05) is 0 Å². The molecule has 1 N–H and O–H groups in total. The number of hydrogen-bond acceptors (Lipinski definition) is 3. The van der Waals surface area contributed by atoms with Crippen molar-refractivity contribution in [3.05, 3.63) is 34.9 Å². The number of aryl methyl sites for hydroxylation is 2. The molecule has 0 spiro atoms. The normalized spacial score (nSPS) is 12.3. The van der Waals surface area contributed by atoms with Gasteiger partial charge in [-0.1, -0.05) is 0 Å².